The summed E-state index contributed by atoms with van der Waals surface area (Å²) in [5.41, 5.74) is 0.843. The number of amides is 2. The van der Waals surface area contributed by atoms with E-state index in [9.17, 15) is 14.0 Å². The summed E-state index contributed by atoms with van der Waals surface area (Å²) in [5, 5.41) is 5.75. The molecule has 30 heavy (non-hydrogen) atoms. The van der Waals surface area contributed by atoms with Gasteiger partial charge in [-0.25, -0.2) is 9.37 Å². The molecule has 0 aliphatic carbocycles. The molecule has 1 unspecified atom stereocenters. The quantitative estimate of drug-likeness (QED) is 0.764. The molecule has 0 saturated carbocycles. The van der Waals surface area contributed by atoms with Gasteiger partial charge in [0.05, 0.1) is 11.3 Å². The van der Waals surface area contributed by atoms with E-state index in [0.29, 0.717) is 29.4 Å². The molecule has 2 heterocycles. The average molecular weight is 435 g/mol. The number of carbonyl (C=O) groups is 2. The highest BCUT2D eigenvalue weighted by Crippen LogP contribution is 2.30. The Balaban J connectivity index is 2.05. The minimum absolute atomic E-state index is 0.249. The van der Waals surface area contributed by atoms with E-state index in [1.807, 2.05) is 25.3 Å². The highest BCUT2D eigenvalue weighted by Gasteiger charge is 2.34. The number of likely N-dealkylation sites (N-methyl/N-ethyl adjacent to an activating group) is 1. The number of hydrogen-bond donors (Lipinski definition) is 2. The van der Waals surface area contributed by atoms with Gasteiger partial charge < -0.3 is 15.2 Å². The fraction of sp³-hybridized carbons (Fsp3) is 0.500. The third-order valence-electron chi connectivity index (χ3n) is 5.40. The molecule has 2 amide bonds. The van der Waals surface area contributed by atoms with Gasteiger partial charge in [0, 0.05) is 18.6 Å². The van der Waals surface area contributed by atoms with Crippen molar-refractivity contribution in [2.45, 2.75) is 59.0 Å². The first-order valence-electron chi connectivity index (χ1n) is 10.2. The summed E-state index contributed by atoms with van der Waals surface area (Å²) in [6, 6.07) is 3.71. The van der Waals surface area contributed by atoms with E-state index in [1.54, 1.807) is 12.1 Å². The summed E-state index contributed by atoms with van der Waals surface area (Å²) in [7, 11) is 1.54. The standard InChI is InChI=1S/C22H28ClFN4O2/c1-22(2,3)18(21(30)25-4)27-20(29)17-16-8-6-5-7-11-28(16)19(26-17)14-10-9-13(23)12-15(14)24/h9-10,12,18H,5-8,11H2,1-4H3,(H,25,30)(H,27,29). The van der Waals surface area contributed by atoms with Crippen molar-refractivity contribution >= 4 is 23.4 Å². The zero-order valence-electron chi connectivity index (χ0n) is 17.8. The monoisotopic (exact) mass is 434 g/mol. The van der Waals surface area contributed by atoms with Crippen molar-refractivity contribution in [3.63, 3.8) is 0 Å². The summed E-state index contributed by atoms with van der Waals surface area (Å²) in [6.45, 7) is 6.31. The maximum atomic E-state index is 14.6. The van der Waals surface area contributed by atoms with E-state index < -0.39 is 23.2 Å². The highest BCUT2D eigenvalue weighted by molar-refractivity contribution is 6.30. The lowest BCUT2D eigenvalue weighted by atomic mass is 9.86. The second-order valence-corrected chi connectivity index (χ2v) is 9.14. The first-order valence-corrected chi connectivity index (χ1v) is 10.6. The van der Waals surface area contributed by atoms with Crippen LogP contribution in [0.15, 0.2) is 18.2 Å². The van der Waals surface area contributed by atoms with Crippen LogP contribution in [0.5, 0.6) is 0 Å². The second kappa shape index (κ2) is 8.76. The highest BCUT2D eigenvalue weighted by atomic mass is 35.5. The molecule has 0 saturated heterocycles. The predicted molar refractivity (Wildman–Crippen MR) is 115 cm³/mol. The van der Waals surface area contributed by atoms with Crippen LogP contribution in [-0.2, 0) is 17.8 Å². The van der Waals surface area contributed by atoms with Crippen LogP contribution < -0.4 is 10.6 Å². The van der Waals surface area contributed by atoms with Crippen LogP contribution in [-0.4, -0.2) is 34.5 Å². The number of nitrogens with one attached hydrogen (secondary N) is 2. The maximum Gasteiger partial charge on any atom is 0.272 e. The van der Waals surface area contributed by atoms with Crippen molar-refractivity contribution in [2.24, 2.45) is 5.41 Å². The Morgan fingerprint density at radius 1 is 1.23 bits per heavy atom. The molecule has 1 aliphatic rings. The van der Waals surface area contributed by atoms with E-state index in [0.717, 1.165) is 25.0 Å². The molecule has 0 spiro atoms. The molecule has 2 N–H and O–H groups in total. The topological polar surface area (TPSA) is 76.0 Å². The Morgan fingerprint density at radius 2 is 1.97 bits per heavy atom. The fourth-order valence-corrected chi connectivity index (χ4v) is 3.96. The van der Waals surface area contributed by atoms with Gasteiger partial charge in [0.25, 0.3) is 5.91 Å². The van der Waals surface area contributed by atoms with Crippen LogP contribution in [0.1, 0.15) is 56.2 Å². The number of rotatable bonds is 4. The second-order valence-electron chi connectivity index (χ2n) is 8.70. The Bertz CT molecular complexity index is 965. The van der Waals surface area contributed by atoms with Gasteiger partial charge in [0.1, 0.15) is 23.4 Å². The zero-order chi connectivity index (χ0) is 22.1. The Kier molecular flexibility index (Phi) is 6.50. The van der Waals surface area contributed by atoms with Gasteiger partial charge >= 0.3 is 0 Å². The summed E-state index contributed by atoms with van der Waals surface area (Å²) in [4.78, 5) is 30.1. The van der Waals surface area contributed by atoms with Crippen molar-refractivity contribution in [3.05, 3.63) is 40.4 Å². The third-order valence-corrected chi connectivity index (χ3v) is 5.64. The third kappa shape index (κ3) is 4.51. The van der Waals surface area contributed by atoms with Gasteiger partial charge in [-0.15, -0.1) is 0 Å². The Hall–Kier alpha value is -2.41. The SMILES string of the molecule is CNC(=O)C(NC(=O)c1nc(-c2ccc(Cl)cc2F)n2c1CCCCC2)C(C)(C)C. The van der Waals surface area contributed by atoms with Crippen LogP contribution in [0.25, 0.3) is 11.4 Å². The van der Waals surface area contributed by atoms with Crippen LogP contribution in [0.3, 0.4) is 0 Å². The largest absolute Gasteiger partial charge is 0.357 e. The maximum absolute atomic E-state index is 14.6. The summed E-state index contributed by atoms with van der Waals surface area (Å²) in [5.74, 6) is -0.766. The molecule has 0 fully saturated rings. The van der Waals surface area contributed by atoms with E-state index in [1.165, 1.54) is 13.1 Å². The summed E-state index contributed by atoms with van der Waals surface area (Å²) >= 11 is 5.90. The molecule has 0 radical (unpaired) electrons. The Labute approximate surface area is 181 Å². The minimum atomic E-state index is -0.728. The first kappa shape index (κ1) is 22.3. The van der Waals surface area contributed by atoms with E-state index >= 15 is 0 Å². The molecule has 2 aromatic rings. The molecule has 6 nitrogen and oxygen atoms in total. The van der Waals surface area contributed by atoms with Crippen molar-refractivity contribution in [1.82, 2.24) is 20.2 Å². The van der Waals surface area contributed by atoms with Gasteiger partial charge in [0.2, 0.25) is 5.91 Å². The number of hydrogen-bond acceptors (Lipinski definition) is 3. The number of carbonyl (C=O) groups excluding carboxylic acids is 2. The molecule has 1 aromatic heterocycles. The normalized spacial score (nSPS) is 15.1. The number of benzene rings is 1. The number of aromatic nitrogens is 2. The molecule has 0 bridgehead atoms. The number of nitrogens with zero attached hydrogens (tertiary/aromatic N) is 2. The lowest BCUT2D eigenvalue weighted by Gasteiger charge is -2.29. The molecule has 8 heteroatoms. The molecule has 1 aliphatic heterocycles. The van der Waals surface area contributed by atoms with E-state index in [-0.39, 0.29) is 11.6 Å². The predicted octanol–water partition coefficient (Wildman–Crippen LogP) is 3.96. The molecule has 3 rings (SSSR count). The number of fused-ring (bicyclic) bond motifs is 1. The average Bonchev–Trinajstić information content (AvgIpc) is 2.85. The molecular weight excluding hydrogens is 407 g/mol. The fourth-order valence-electron chi connectivity index (χ4n) is 3.80. The van der Waals surface area contributed by atoms with Gasteiger partial charge in [-0.1, -0.05) is 38.8 Å². The molecule has 1 atom stereocenters. The minimum Gasteiger partial charge on any atom is -0.357 e. The summed E-state index contributed by atoms with van der Waals surface area (Å²) in [6.07, 6.45) is 3.54. The molecular formula is C22H28ClFN4O2. The van der Waals surface area contributed by atoms with Crippen LogP contribution in [0, 0.1) is 11.2 Å². The van der Waals surface area contributed by atoms with Crippen molar-refractivity contribution < 1.29 is 14.0 Å². The first-order chi connectivity index (χ1) is 14.1. The van der Waals surface area contributed by atoms with E-state index in [4.69, 9.17) is 11.6 Å². The lowest BCUT2D eigenvalue weighted by molar-refractivity contribution is -0.124. The van der Waals surface area contributed by atoms with Crippen LogP contribution in [0.4, 0.5) is 4.39 Å². The Morgan fingerprint density at radius 3 is 2.60 bits per heavy atom. The van der Waals surface area contributed by atoms with Crippen LogP contribution >= 0.6 is 11.6 Å². The van der Waals surface area contributed by atoms with Gasteiger partial charge in [-0.3, -0.25) is 9.59 Å². The molecule has 1 aromatic carbocycles. The van der Waals surface area contributed by atoms with E-state index in [2.05, 4.69) is 15.6 Å². The van der Waals surface area contributed by atoms with Gasteiger partial charge in [-0.2, -0.15) is 0 Å². The summed E-state index contributed by atoms with van der Waals surface area (Å²) < 4.78 is 16.6. The van der Waals surface area contributed by atoms with Gasteiger partial charge in [-0.05, 0) is 42.9 Å². The van der Waals surface area contributed by atoms with Crippen LogP contribution in [0.2, 0.25) is 5.02 Å². The lowest BCUT2D eigenvalue weighted by Crippen LogP contribution is -2.53. The number of imidazole rings is 1. The smallest absolute Gasteiger partial charge is 0.272 e. The molecule has 162 valence electrons. The van der Waals surface area contributed by atoms with Crippen molar-refractivity contribution in [3.8, 4) is 11.4 Å². The van der Waals surface area contributed by atoms with Gasteiger partial charge in [0.15, 0.2) is 0 Å². The zero-order valence-corrected chi connectivity index (χ0v) is 18.6. The van der Waals surface area contributed by atoms with Crippen molar-refractivity contribution in [1.29, 1.82) is 0 Å². The van der Waals surface area contributed by atoms with Crippen molar-refractivity contribution in [2.75, 3.05) is 7.05 Å². The number of halogens is 2.